The zero-order chi connectivity index (χ0) is 17.4. The molecule has 1 amide bonds. The molecule has 126 valence electrons. The van der Waals surface area contributed by atoms with Crippen molar-refractivity contribution in [2.75, 3.05) is 23.8 Å². The number of hydrogen-bond donors (Lipinski definition) is 2. The summed E-state index contributed by atoms with van der Waals surface area (Å²) in [7, 11) is 0. The SMILES string of the molecule is CCOC(=O)c1ccc(NCCC(=O)Nc2ccc(Br)cc2)cc1. The van der Waals surface area contributed by atoms with Crippen LogP contribution >= 0.6 is 15.9 Å². The van der Waals surface area contributed by atoms with Crippen molar-refractivity contribution in [1.82, 2.24) is 0 Å². The summed E-state index contributed by atoms with van der Waals surface area (Å²) >= 11 is 3.35. The second-order valence-corrected chi connectivity index (χ2v) is 5.95. The lowest BCUT2D eigenvalue weighted by Crippen LogP contribution is -2.16. The summed E-state index contributed by atoms with van der Waals surface area (Å²) in [5.41, 5.74) is 2.12. The summed E-state index contributed by atoms with van der Waals surface area (Å²) in [6, 6.07) is 14.4. The van der Waals surface area contributed by atoms with Crippen LogP contribution in [0.1, 0.15) is 23.7 Å². The minimum absolute atomic E-state index is 0.0621. The van der Waals surface area contributed by atoms with Gasteiger partial charge in [-0.25, -0.2) is 4.79 Å². The lowest BCUT2D eigenvalue weighted by atomic mass is 10.2. The molecular weight excluding hydrogens is 372 g/mol. The minimum atomic E-state index is -0.335. The number of benzene rings is 2. The van der Waals surface area contributed by atoms with Crippen LogP contribution in [0, 0.1) is 0 Å². The average Bonchev–Trinajstić information content (AvgIpc) is 2.58. The first kappa shape index (κ1) is 18.0. The number of hydrogen-bond acceptors (Lipinski definition) is 4. The number of esters is 1. The van der Waals surface area contributed by atoms with E-state index in [2.05, 4.69) is 26.6 Å². The van der Waals surface area contributed by atoms with Crippen LogP contribution in [0.25, 0.3) is 0 Å². The van der Waals surface area contributed by atoms with Crippen molar-refractivity contribution in [2.24, 2.45) is 0 Å². The standard InChI is InChI=1S/C18H19BrN2O3/c1-2-24-18(23)13-3-7-15(8-4-13)20-12-11-17(22)21-16-9-5-14(19)6-10-16/h3-10,20H,2,11-12H2,1H3,(H,21,22). The predicted molar refractivity (Wildman–Crippen MR) is 98.3 cm³/mol. The fourth-order valence-electron chi connectivity index (χ4n) is 2.02. The smallest absolute Gasteiger partial charge is 0.338 e. The molecule has 0 saturated carbocycles. The first-order valence-electron chi connectivity index (χ1n) is 7.65. The lowest BCUT2D eigenvalue weighted by Gasteiger charge is -2.08. The average molecular weight is 391 g/mol. The Balaban J connectivity index is 1.76. The van der Waals surface area contributed by atoms with E-state index in [1.54, 1.807) is 31.2 Å². The van der Waals surface area contributed by atoms with Gasteiger partial charge in [-0.15, -0.1) is 0 Å². The molecule has 2 rings (SSSR count). The molecule has 6 heteroatoms. The van der Waals surface area contributed by atoms with Crippen LogP contribution in [-0.4, -0.2) is 25.0 Å². The Labute approximate surface area is 149 Å². The van der Waals surface area contributed by atoms with E-state index in [0.717, 1.165) is 15.8 Å². The molecule has 0 spiro atoms. The van der Waals surface area contributed by atoms with Gasteiger partial charge in [0.25, 0.3) is 0 Å². The molecule has 5 nitrogen and oxygen atoms in total. The number of nitrogens with one attached hydrogen (secondary N) is 2. The Morgan fingerprint density at radius 2 is 1.62 bits per heavy atom. The zero-order valence-electron chi connectivity index (χ0n) is 13.3. The fraction of sp³-hybridized carbons (Fsp3) is 0.222. The van der Waals surface area contributed by atoms with Crippen LogP contribution in [0.3, 0.4) is 0 Å². The summed E-state index contributed by atoms with van der Waals surface area (Å²) < 4.78 is 5.90. The first-order chi connectivity index (χ1) is 11.6. The van der Waals surface area contributed by atoms with Gasteiger partial charge in [0, 0.05) is 28.8 Å². The van der Waals surface area contributed by atoms with Gasteiger partial charge in [-0.3, -0.25) is 4.79 Å². The molecule has 0 saturated heterocycles. The van der Waals surface area contributed by atoms with E-state index in [-0.39, 0.29) is 11.9 Å². The van der Waals surface area contributed by atoms with E-state index in [0.29, 0.717) is 25.1 Å². The molecule has 0 unspecified atom stereocenters. The van der Waals surface area contributed by atoms with Crippen LogP contribution in [0.5, 0.6) is 0 Å². The molecule has 0 aliphatic carbocycles. The number of carbonyl (C=O) groups is 2. The molecule has 0 heterocycles. The van der Waals surface area contributed by atoms with Gasteiger partial charge in [-0.1, -0.05) is 15.9 Å². The largest absolute Gasteiger partial charge is 0.462 e. The van der Waals surface area contributed by atoms with Gasteiger partial charge < -0.3 is 15.4 Å². The van der Waals surface area contributed by atoms with Crippen LogP contribution < -0.4 is 10.6 Å². The monoisotopic (exact) mass is 390 g/mol. The van der Waals surface area contributed by atoms with Crippen molar-refractivity contribution in [3.05, 3.63) is 58.6 Å². The molecule has 0 radical (unpaired) electrons. The minimum Gasteiger partial charge on any atom is -0.462 e. The summed E-state index contributed by atoms with van der Waals surface area (Å²) in [5.74, 6) is -0.397. The highest BCUT2D eigenvalue weighted by Crippen LogP contribution is 2.14. The van der Waals surface area contributed by atoms with Crippen molar-refractivity contribution >= 4 is 39.2 Å². The normalized spacial score (nSPS) is 10.1. The van der Waals surface area contributed by atoms with Crippen molar-refractivity contribution in [2.45, 2.75) is 13.3 Å². The predicted octanol–water partition coefficient (Wildman–Crippen LogP) is 4.07. The van der Waals surface area contributed by atoms with Crippen LogP contribution in [-0.2, 0) is 9.53 Å². The third kappa shape index (κ3) is 5.70. The van der Waals surface area contributed by atoms with Crippen molar-refractivity contribution < 1.29 is 14.3 Å². The van der Waals surface area contributed by atoms with E-state index >= 15 is 0 Å². The number of anilines is 2. The van der Waals surface area contributed by atoms with Gasteiger partial charge in [-0.2, -0.15) is 0 Å². The van der Waals surface area contributed by atoms with Crippen molar-refractivity contribution in [3.8, 4) is 0 Å². The van der Waals surface area contributed by atoms with E-state index < -0.39 is 0 Å². The van der Waals surface area contributed by atoms with Gasteiger partial charge in [0.2, 0.25) is 5.91 Å². The maximum atomic E-state index is 11.9. The van der Waals surface area contributed by atoms with Crippen LogP contribution in [0.4, 0.5) is 11.4 Å². The molecule has 0 bridgehead atoms. The van der Waals surface area contributed by atoms with Gasteiger partial charge >= 0.3 is 5.97 Å². The van der Waals surface area contributed by atoms with Crippen molar-refractivity contribution in [3.63, 3.8) is 0 Å². The highest BCUT2D eigenvalue weighted by atomic mass is 79.9. The van der Waals surface area contributed by atoms with Crippen LogP contribution in [0.15, 0.2) is 53.0 Å². The van der Waals surface area contributed by atoms with Crippen LogP contribution in [0.2, 0.25) is 0 Å². The number of amides is 1. The van der Waals surface area contributed by atoms with Crippen molar-refractivity contribution in [1.29, 1.82) is 0 Å². The zero-order valence-corrected chi connectivity index (χ0v) is 14.9. The molecule has 24 heavy (non-hydrogen) atoms. The summed E-state index contributed by atoms with van der Waals surface area (Å²) in [4.78, 5) is 23.4. The number of ether oxygens (including phenoxy) is 1. The maximum Gasteiger partial charge on any atom is 0.338 e. The number of carbonyl (C=O) groups excluding carboxylic acids is 2. The molecule has 2 aromatic rings. The quantitative estimate of drug-likeness (QED) is 0.699. The lowest BCUT2D eigenvalue weighted by molar-refractivity contribution is -0.115. The molecular formula is C18H19BrN2O3. The highest BCUT2D eigenvalue weighted by molar-refractivity contribution is 9.10. The molecule has 2 N–H and O–H groups in total. The maximum absolute atomic E-state index is 11.9. The van der Waals surface area contributed by atoms with E-state index in [1.165, 1.54) is 0 Å². The van der Waals surface area contributed by atoms with E-state index in [4.69, 9.17) is 4.74 Å². The number of rotatable bonds is 7. The fourth-order valence-corrected chi connectivity index (χ4v) is 2.28. The highest BCUT2D eigenvalue weighted by Gasteiger charge is 2.06. The Morgan fingerprint density at radius 3 is 2.25 bits per heavy atom. The molecule has 0 fully saturated rings. The number of halogens is 1. The Bertz CT molecular complexity index is 684. The van der Waals surface area contributed by atoms with Gasteiger partial charge in [0.05, 0.1) is 12.2 Å². The first-order valence-corrected chi connectivity index (χ1v) is 8.44. The molecule has 0 atom stereocenters. The summed E-state index contributed by atoms with van der Waals surface area (Å²) in [6.45, 7) is 2.63. The third-order valence-electron chi connectivity index (χ3n) is 3.21. The molecule has 0 aliphatic heterocycles. The Morgan fingerprint density at radius 1 is 1.00 bits per heavy atom. The van der Waals surface area contributed by atoms with Gasteiger partial charge in [0.1, 0.15) is 0 Å². The summed E-state index contributed by atoms with van der Waals surface area (Å²) in [6.07, 6.45) is 0.343. The van der Waals surface area contributed by atoms with E-state index in [1.807, 2.05) is 24.3 Å². The van der Waals surface area contributed by atoms with Gasteiger partial charge in [-0.05, 0) is 55.5 Å². The second kappa shape index (κ2) is 9.08. The van der Waals surface area contributed by atoms with E-state index in [9.17, 15) is 9.59 Å². The third-order valence-corrected chi connectivity index (χ3v) is 3.73. The molecule has 0 aromatic heterocycles. The molecule has 2 aromatic carbocycles. The Kier molecular flexibility index (Phi) is 6.81. The summed E-state index contributed by atoms with van der Waals surface area (Å²) in [5, 5.41) is 5.98. The van der Waals surface area contributed by atoms with Gasteiger partial charge in [0.15, 0.2) is 0 Å². The second-order valence-electron chi connectivity index (χ2n) is 5.03. The topological polar surface area (TPSA) is 67.4 Å². The molecule has 0 aliphatic rings. The Hall–Kier alpha value is -2.34.